The Morgan fingerprint density at radius 1 is 1.10 bits per heavy atom. The highest BCUT2D eigenvalue weighted by molar-refractivity contribution is 5.76. The van der Waals surface area contributed by atoms with Gasteiger partial charge in [-0.05, 0) is 17.7 Å². The first kappa shape index (κ1) is 13.5. The molecule has 2 aromatic carbocycles. The topological polar surface area (TPSA) is 92.5 Å². The molecule has 0 saturated carbocycles. The minimum Gasteiger partial charge on any atom is -0.481 e. The molecule has 20 heavy (non-hydrogen) atoms. The van der Waals surface area contributed by atoms with Gasteiger partial charge in [0, 0.05) is 11.8 Å². The van der Waals surface area contributed by atoms with Gasteiger partial charge in [0.1, 0.15) is 5.69 Å². The zero-order chi connectivity index (χ0) is 14.5. The van der Waals surface area contributed by atoms with Gasteiger partial charge in [-0.2, -0.15) is 0 Å². The van der Waals surface area contributed by atoms with Gasteiger partial charge in [0.2, 0.25) is 0 Å². The summed E-state index contributed by atoms with van der Waals surface area (Å²) in [5.41, 5.74) is 1.38. The van der Waals surface area contributed by atoms with E-state index in [4.69, 9.17) is 5.11 Å². The second-order valence-corrected chi connectivity index (χ2v) is 4.13. The van der Waals surface area contributed by atoms with Crippen LogP contribution in [0.4, 0.5) is 17.1 Å². The van der Waals surface area contributed by atoms with Crippen molar-refractivity contribution in [2.75, 3.05) is 5.32 Å². The van der Waals surface area contributed by atoms with Gasteiger partial charge in [0.15, 0.2) is 0 Å². The molecule has 0 aliphatic rings. The predicted octanol–water partition coefficient (Wildman–Crippen LogP) is 2.97. The fourth-order valence-corrected chi connectivity index (χ4v) is 1.84. The maximum atomic E-state index is 10.9. The van der Waals surface area contributed by atoms with E-state index in [0.717, 1.165) is 0 Å². The number of para-hydroxylation sites is 3. The van der Waals surface area contributed by atoms with Crippen LogP contribution in [0.5, 0.6) is 0 Å². The number of nitro groups is 1. The fourth-order valence-electron chi connectivity index (χ4n) is 1.84. The molecule has 0 amide bonds. The highest BCUT2D eigenvalue weighted by Gasteiger charge is 2.14. The Kier molecular flexibility index (Phi) is 3.95. The van der Waals surface area contributed by atoms with E-state index in [2.05, 4.69) is 5.32 Å². The van der Waals surface area contributed by atoms with E-state index in [1.807, 2.05) is 0 Å². The molecule has 0 heterocycles. The maximum Gasteiger partial charge on any atom is 0.307 e. The summed E-state index contributed by atoms with van der Waals surface area (Å²) in [5.74, 6) is -0.957. The summed E-state index contributed by atoms with van der Waals surface area (Å²) in [4.78, 5) is 21.3. The molecule has 102 valence electrons. The summed E-state index contributed by atoms with van der Waals surface area (Å²) in [6, 6.07) is 13.0. The second-order valence-electron chi connectivity index (χ2n) is 4.13. The largest absolute Gasteiger partial charge is 0.481 e. The van der Waals surface area contributed by atoms with Crippen molar-refractivity contribution in [2.24, 2.45) is 0 Å². The number of hydrogen-bond acceptors (Lipinski definition) is 4. The average molecular weight is 272 g/mol. The number of rotatable bonds is 5. The molecule has 0 spiro atoms. The first-order valence-corrected chi connectivity index (χ1v) is 5.88. The van der Waals surface area contributed by atoms with Gasteiger partial charge >= 0.3 is 5.97 Å². The van der Waals surface area contributed by atoms with Gasteiger partial charge in [0.05, 0.1) is 11.3 Å². The van der Waals surface area contributed by atoms with Crippen LogP contribution in [0.2, 0.25) is 0 Å². The Morgan fingerprint density at radius 3 is 2.35 bits per heavy atom. The number of hydrogen-bond donors (Lipinski definition) is 2. The quantitative estimate of drug-likeness (QED) is 0.644. The number of carboxylic acids is 1. The summed E-state index contributed by atoms with van der Waals surface area (Å²) < 4.78 is 0. The number of benzene rings is 2. The predicted molar refractivity (Wildman–Crippen MR) is 74.2 cm³/mol. The van der Waals surface area contributed by atoms with E-state index < -0.39 is 10.9 Å². The molecule has 6 heteroatoms. The van der Waals surface area contributed by atoms with Crippen molar-refractivity contribution >= 4 is 23.0 Å². The van der Waals surface area contributed by atoms with Gasteiger partial charge in [-0.1, -0.05) is 30.3 Å². The van der Waals surface area contributed by atoms with E-state index in [0.29, 0.717) is 16.9 Å². The molecular formula is C14H12N2O4. The number of nitrogens with one attached hydrogen (secondary N) is 1. The Hall–Kier alpha value is -2.89. The minimum absolute atomic E-state index is 0.0578. The molecule has 0 aromatic heterocycles. The van der Waals surface area contributed by atoms with Crippen molar-refractivity contribution < 1.29 is 14.8 Å². The van der Waals surface area contributed by atoms with Crippen LogP contribution in [0.15, 0.2) is 48.5 Å². The van der Waals surface area contributed by atoms with Crippen molar-refractivity contribution in [1.29, 1.82) is 0 Å². The molecule has 0 radical (unpaired) electrons. The summed E-state index contributed by atoms with van der Waals surface area (Å²) in [6.07, 6.45) is -0.149. The van der Waals surface area contributed by atoms with E-state index in [9.17, 15) is 14.9 Å². The Bertz CT molecular complexity index is 655. The van der Waals surface area contributed by atoms with E-state index in [1.165, 1.54) is 6.07 Å². The van der Waals surface area contributed by atoms with Crippen LogP contribution in [-0.4, -0.2) is 16.0 Å². The smallest absolute Gasteiger partial charge is 0.307 e. The van der Waals surface area contributed by atoms with Crippen LogP contribution in [0.25, 0.3) is 0 Å². The zero-order valence-corrected chi connectivity index (χ0v) is 10.4. The Balaban J connectivity index is 2.35. The van der Waals surface area contributed by atoms with Crippen molar-refractivity contribution in [3.63, 3.8) is 0 Å². The summed E-state index contributed by atoms with van der Waals surface area (Å²) in [7, 11) is 0. The van der Waals surface area contributed by atoms with Gasteiger partial charge in [0.25, 0.3) is 5.69 Å². The number of aliphatic carboxylic acids is 1. The summed E-state index contributed by atoms with van der Waals surface area (Å²) in [5, 5.41) is 22.7. The van der Waals surface area contributed by atoms with Crippen LogP contribution in [0.3, 0.4) is 0 Å². The van der Waals surface area contributed by atoms with Gasteiger partial charge in [-0.15, -0.1) is 0 Å². The Labute approximate surface area is 114 Å². The Morgan fingerprint density at radius 2 is 1.70 bits per heavy atom. The minimum atomic E-state index is -0.957. The summed E-state index contributed by atoms with van der Waals surface area (Å²) in [6.45, 7) is 0. The molecule has 0 atom stereocenters. The lowest BCUT2D eigenvalue weighted by atomic mass is 10.1. The van der Waals surface area contributed by atoms with Gasteiger partial charge < -0.3 is 10.4 Å². The van der Waals surface area contributed by atoms with Crippen LogP contribution in [-0.2, 0) is 11.2 Å². The van der Waals surface area contributed by atoms with Crippen LogP contribution < -0.4 is 5.32 Å². The highest BCUT2D eigenvalue weighted by Crippen LogP contribution is 2.28. The van der Waals surface area contributed by atoms with Crippen molar-refractivity contribution in [3.05, 3.63) is 64.2 Å². The zero-order valence-electron chi connectivity index (χ0n) is 10.4. The van der Waals surface area contributed by atoms with E-state index >= 15 is 0 Å². The molecular weight excluding hydrogens is 260 g/mol. The number of nitro benzene ring substituents is 1. The lowest BCUT2D eigenvalue weighted by molar-refractivity contribution is -0.383. The average Bonchev–Trinajstić information content (AvgIpc) is 2.41. The highest BCUT2D eigenvalue weighted by atomic mass is 16.6. The first-order valence-electron chi connectivity index (χ1n) is 5.88. The molecule has 0 unspecified atom stereocenters. The molecule has 0 saturated heterocycles. The van der Waals surface area contributed by atoms with Crippen molar-refractivity contribution in [1.82, 2.24) is 0 Å². The van der Waals surface area contributed by atoms with Crippen LogP contribution in [0, 0.1) is 10.1 Å². The first-order chi connectivity index (χ1) is 9.58. The standard InChI is InChI=1S/C14H12N2O4/c17-14(18)9-10-5-1-2-6-11(10)15-12-7-3-4-8-13(12)16(19)20/h1-8,15H,9H2,(H,17,18). The summed E-state index contributed by atoms with van der Waals surface area (Å²) >= 11 is 0. The molecule has 2 rings (SSSR count). The lowest BCUT2D eigenvalue weighted by Crippen LogP contribution is -2.04. The normalized spacial score (nSPS) is 10.0. The third-order valence-corrected chi connectivity index (χ3v) is 2.73. The third kappa shape index (κ3) is 3.11. The van der Waals surface area contributed by atoms with E-state index in [-0.39, 0.29) is 12.1 Å². The van der Waals surface area contributed by atoms with Gasteiger partial charge in [-0.3, -0.25) is 14.9 Å². The van der Waals surface area contributed by atoms with Crippen molar-refractivity contribution in [2.45, 2.75) is 6.42 Å². The molecule has 0 aliphatic carbocycles. The lowest BCUT2D eigenvalue weighted by Gasteiger charge is -2.10. The molecule has 2 N–H and O–H groups in total. The number of anilines is 2. The number of nitrogens with zero attached hydrogens (tertiary/aromatic N) is 1. The second kappa shape index (κ2) is 5.83. The monoisotopic (exact) mass is 272 g/mol. The molecule has 2 aromatic rings. The van der Waals surface area contributed by atoms with E-state index in [1.54, 1.807) is 42.5 Å². The van der Waals surface area contributed by atoms with Crippen LogP contribution >= 0.6 is 0 Å². The molecule has 6 nitrogen and oxygen atoms in total. The maximum absolute atomic E-state index is 10.9. The fraction of sp³-hybridized carbons (Fsp3) is 0.0714. The number of carbonyl (C=O) groups is 1. The van der Waals surface area contributed by atoms with Crippen LogP contribution in [0.1, 0.15) is 5.56 Å². The SMILES string of the molecule is O=C(O)Cc1ccccc1Nc1ccccc1[N+](=O)[O-]. The molecule has 0 fully saturated rings. The number of carboxylic acid groups (broad SMARTS) is 1. The third-order valence-electron chi connectivity index (χ3n) is 2.73. The van der Waals surface area contributed by atoms with Crippen molar-refractivity contribution in [3.8, 4) is 0 Å². The molecule has 0 aliphatic heterocycles. The molecule has 0 bridgehead atoms. The van der Waals surface area contributed by atoms with Gasteiger partial charge in [-0.25, -0.2) is 0 Å².